The Bertz CT molecular complexity index is 925. The second kappa shape index (κ2) is 7.40. The van der Waals surface area contributed by atoms with Crippen LogP contribution in [0.1, 0.15) is 42.1 Å². The Morgan fingerprint density at radius 2 is 1.96 bits per heavy atom. The Kier molecular flexibility index (Phi) is 5.23. The van der Waals surface area contributed by atoms with Crippen molar-refractivity contribution in [2.75, 3.05) is 5.32 Å². The lowest BCUT2D eigenvalue weighted by atomic mass is 9.98. The summed E-state index contributed by atoms with van der Waals surface area (Å²) in [6.07, 6.45) is 2.05. The van der Waals surface area contributed by atoms with E-state index in [-0.39, 0.29) is 5.56 Å². The molecule has 0 fully saturated rings. The van der Waals surface area contributed by atoms with Gasteiger partial charge in [0.05, 0.1) is 11.9 Å². The third kappa shape index (κ3) is 3.93. The van der Waals surface area contributed by atoms with Gasteiger partial charge in [-0.3, -0.25) is 4.79 Å². The Hall–Kier alpha value is -2.14. The monoisotopic (exact) mass is 355 g/mol. The number of thiophene rings is 1. The Balaban J connectivity index is 1.86. The summed E-state index contributed by atoms with van der Waals surface area (Å²) in [4.78, 5) is 22.3. The van der Waals surface area contributed by atoms with E-state index in [4.69, 9.17) is 0 Å². The van der Waals surface area contributed by atoms with Crippen molar-refractivity contribution in [2.45, 2.75) is 47.1 Å². The molecule has 2 N–H and O–H groups in total. The highest BCUT2D eigenvalue weighted by molar-refractivity contribution is 7.18. The average molecular weight is 356 g/mol. The van der Waals surface area contributed by atoms with Crippen molar-refractivity contribution in [1.82, 2.24) is 9.97 Å². The number of aryl methyl sites for hydroxylation is 2. The minimum Gasteiger partial charge on any atom is -0.378 e. The molecule has 132 valence electrons. The van der Waals surface area contributed by atoms with Crippen LogP contribution < -0.4 is 10.9 Å². The summed E-state index contributed by atoms with van der Waals surface area (Å²) in [5.41, 5.74) is 3.39. The number of aromatic amines is 1. The average Bonchev–Trinajstić information content (AvgIpc) is 2.90. The fourth-order valence-electron chi connectivity index (χ4n) is 2.90. The summed E-state index contributed by atoms with van der Waals surface area (Å²) < 4.78 is 0. The summed E-state index contributed by atoms with van der Waals surface area (Å²) >= 11 is 1.62. The number of nitrogens with one attached hydrogen (secondary N) is 2. The first kappa shape index (κ1) is 17.7. The molecule has 5 heteroatoms. The largest absolute Gasteiger partial charge is 0.378 e. The second-order valence-corrected chi connectivity index (χ2v) is 7.97. The highest BCUT2D eigenvalue weighted by Gasteiger charge is 2.16. The number of hydrogen-bond acceptors (Lipinski definition) is 4. The molecule has 3 aromatic rings. The zero-order chi connectivity index (χ0) is 18.0. The van der Waals surface area contributed by atoms with Crippen LogP contribution in [0.5, 0.6) is 0 Å². The molecule has 1 atom stereocenters. The van der Waals surface area contributed by atoms with Crippen molar-refractivity contribution < 1.29 is 0 Å². The number of benzene rings is 1. The number of aromatic nitrogens is 2. The second-order valence-electron chi connectivity index (χ2n) is 6.77. The molecule has 4 nitrogen and oxygen atoms in total. The van der Waals surface area contributed by atoms with E-state index >= 15 is 0 Å². The number of rotatable bonds is 6. The van der Waals surface area contributed by atoms with Gasteiger partial charge in [-0.05, 0) is 43.9 Å². The summed E-state index contributed by atoms with van der Waals surface area (Å²) in [5, 5.41) is 4.09. The number of hydrogen-bond donors (Lipinski definition) is 2. The van der Waals surface area contributed by atoms with E-state index in [9.17, 15) is 4.79 Å². The van der Waals surface area contributed by atoms with Crippen molar-refractivity contribution in [3.05, 3.63) is 56.4 Å². The molecule has 3 rings (SSSR count). The summed E-state index contributed by atoms with van der Waals surface area (Å²) in [5.74, 6) is 1.24. The molecule has 0 aliphatic rings. The molecular weight excluding hydrogens is 330 g/mol. The maximum absolute atomic E-state index is 12.6. The fraction of sp³-hybridized carbons (Fsp3) is 0.400. The van der Waals surface area contributed by atoms with Crippen LogP contribution in [0.25, 0.3) is 10.2 Å². The maximum atomic E-state index is 12.6. The topological polar surface area (TPSA) is 57.8 Å². The van der Waals surface area contributed by atoms with Crippen LogP contribution in [0.4, 0.5) is 5.69 Å². The van der Waals surface area contributed by atoms with E-state index in [2.05, 4.69) is 55.1 Å². The minimum atomic E-state index is -0.0200. The molecule has 0 amide bonds. The van der Waals surface area contributed by atoms with Crippen LogP contribution in [0.15, 0.2) is 29.1 Å². The predicted octanol–water partition coefficient (Wildman–Crippen LogP) is 4.80. The fourth-order valence-corrected chi connectivity index (χ4v) is 3.97. The zero-order valence-corrected chi connectivity index (χ0v) is 16.1. The number of anilines is 1. The van der Waals surface area contributed by atoms with Crippen molar-refractivity contribution in [2.24, 2.45) is 5.92 Å². The number of nitrogens with zero attached hydrogens (tertiary/aromatic N) is 1. The highest BCUT2D eigenvalue weighted by atomic mass is 32.1. The van der Waals surface area contributed by atoms with Gasteiger partial charge in [0.2, 0.25) is 0 Å². The predicted molar refractivity (Wildman–Crippen MR) is 107 cm³/mol. The normalized spacial score (nSPS) is 12.5. The third-order valence-electron chi connectivity index (χ3n) is 4.67. The summed E-state index contributed by atoms with van der Waals surface area (Å²) in [6, 6.07) is 8.19. The van der Waals surface area contributed by atoms with Gasteiger partial charge >= 0.3 is 0 Å². The van der Waals surface area contributed by atoms with Crippen LogP contribution in [0.2, 0.25) is 0 Å². The smallest absolute Gasteiger partial charge is 0.259 e. The molecule has 0 radical (unpaired) electrons. The SMILES string of the molecule is CCC(C)Cc1c(C)sc2nc(CNc3ccc(C)cc3)[nH]c(=O)c12. The third-order valence-corrected chi connectivity index (χ3v) is 5.71. The van der Waals surface area contributed by atoms with Crippen LogP contribution >= 0.6 is 11.3 Å². The minimum absolute atomic E-state index is 0.0200. The molecule has 25 heavy (non-hydrogen) atoms. The molecule has 2 aromatic heterocycles. The summed E-state index contributed by atoms with van der Waals surface area (Å²) in [7, 11) is 0. The molecule has 0 aliphatic heterocycles. The first-order valence-electron chi connectivity index (χ1n) is 8.79. The van der Waals surface area contributed by atoms with Gasteiger partial charge in [-0.25, -0.2) is 4.98 Å². The lowest BCUT2D eigenvalue weighted by Crippen LogP contribution is -2.15. The lowest BCUT2D eigenvalue weighted by Gasteiger charge is -2.09. The van der Waals surface area contributed by atoms with Crippen LogP contribution in [0.3, 0.4) is 0 Å². The molecule has 0 saturated carbocycles. The molecule has 1 unspecified atom stereocenters. The van der Waals surface area contributed by atoms with Gasteiger partial charge in [-0.1, -0.05) is 38.0 Å². The van der Waals surface area contributed by atoms with E-state index in [1.807, 2.05) is 12.1 Å². The Morgan fingerprint density at radius 1 is 1.24 bits per heavy atom. The van der Waals surface area contributed by atoms with Crippen molar-refractivity contribution in [3.63, 3.8) is 0 Å². The van der Waals surface area contributed by atoms with E-state index in [0.717, 1.165) is 28.7 Å². The van der Waals surface area contributed by atoms with Gasteiger partial charge in [-0.15, -0.1) is 11.3 Å². The van der Waals surface area contributed by atoms with Crippen molar-refractivity contribution in [1.29, 1.82) is 0 Å². The highest BCUT2D eigenvalue weighted by Crippen LogP contribution is 2.29. The van der Waals surface area contributed by atoms with E-state index < -0.39 is 0 Å². The van der Waals surface area contributed by atoms with E-state index in [0.29, 0.717) is 18.3 Å². The van der Waals surface area contributed by atoms with Crippen LogP contribution in [-0.4, -0.2) is 9.97 Å². The molecule has 2 heterocycles. The quantitative estimate of drug-likeness (QED) is 0.667. The van der Waals surface area contributed by atoms with Crippen molar-refractivity contribution >= 4 is 27.2 Å². The summed E-state index contributed by atoms with van der Waals surface area (Å²) in [6.45, 7) is 9.07. The molecule has 0 bridgehead atoms. The Morgan fingerprint density at radius 3 is 2.64 bits per heavy atom. The standard InChI is InChI=1S/C20H25N3OS/c1-5-12(2)10-16-14(4)25-20-18(16)19(24)22-17(23-20)11-21-15-8-6-13(3)7-9-15/h6-9,12,21H,5,10-11H2,1-4H3,(H,22,23,24). The van der Waals surface area contributed by atoms with Gasteiger partial charge < -0.3 is 10.3 Å². The first-order chi connectivity index (χ1) is 12.0. The first-order valence-corrected chi connectivity index (χ1v) is 9.61. The maximum Gasteiger partial charge on any atom is 0.259 e. The van der Waals surface area contributed by atoms with Crippen LogP contribution in [-0.2, 0) is 13.0 Å². The van der Waals surface area contributed by atoms with Gasteiger partial charge in [0.15, 0.2) is 0 Å². The van der Waals surface area contributed by atoms with E-state index in [1.165, 1.54) is 16.0 Å². The number of fused-ring (bicyclic) bond motifs is 1. The zero-order valence-electron chi connectivity index (χ0n) is 15.3. The lowest BCUT2D eigenvalue weighted by molar-refractivity contribution is 0.561. The van der Waals surface area contributed by atoms with Gasteiger partial charge in [0.1, 0.15) is 10.7 Å². The van der Waals surface area contributed by atoms with Gasteiger partial charge in [0.25, 0.3) is 5.56 Å². The van der Waals surface area contributed by atoms with E-state index in [1.54, 1.807) is 11.3 Å². The number of H-pyrrole nitrogens is 1. The molecule has 0 aliphatic carbocycles. The molecular formula is C20H25N3OS. The Labute approximate surface area is 152 Å². The van der Waals surface area contributed by atoms with Gasteiger partial charge in [-0.2, -0.15) is 0 Å². The van der Waals surface area contributed by atoms with Crippen molar-refractivity contribution in [3.8, 4) is 0 Å². The van der Waals surface area contributed by atoms with Crippen LogP contribution in [0, 0.1) is 19.8 Å². The molecule has 0 spiro atoms. The van der Waals surface area contributed by atoms with Gasteiger partial charge in [0, 0.05) is 10.6 Å². The molecule has 0 saturated heterocycles. The molecule has 1 aromatic carbocycles.